The van der Waals surface area contributed by atoms with Crippen molar-refractivity contribution in [3.63, 3.8) is 0 Å². The molecule has 0 atom stereocenters. The van der Waals surface area contributed by atoms with Gasteiger partial charge in [-0.1, -0.05) is 17.7 Å². The summed E-state index contributed by atoms with van der Waals surface area (Å²) in [4.78, 5) is 16.6. The Balaban J connectivity index is 2.24. The van der Waals surface area contributed by atoms with E-state index < -0.39 is 11.5 Å². The van der Waals surface area contributed by atoms with Crippen molar-refractivity contribution < 1.29 is 8.81 Å². The number of halogens is 2. The molecule has 0 aliphatic carbocycles. The molecule has 0 radical (unpaired) electrons. The molecule has 0 fully saturated rings. The van der Waals surface area contributed by atoms with Gasteiger partial charge in [0.15, 0.2) is 0 Å². The van der Waals surface area contributed by atoms with E-state index >= 15 is 0 Å². The Morgan fingerprint density at radius 2 is 2.12 bits per heavy atom. The van der Waals surface area contributed by atoms with Gasteiger partial charge in [0.1, 0.15) is 17.2 Å². The summed E-state index contributed by atoms with van der Waals surface area (Å²) in [5.41, 5.74) is 0.818. The number of hydrogen-bond donors (Lipinski definition) is 1. The predicted molar refractivity (Wildman–Crippen MR) is 91.6 cm³/mol. The lowest BCUT2D eigenvalue weighted by atomic mass is 10.1. The van der Waals surface area contributed by atoms with Crippen LogP contribution in [0.1, 0.15) is 0 Å². The average Bonchev–Trinajstić information content (AvgIpc) is 3.04. The first-order valence-corrected chi connectivity index (χ1v) is 7.54. The van der Waals surface area contributed by atoms with Crippen molar-refractivity contribution in [2.45, 2.75) is 0 Å². The molecule has 0 bridgehead atoms. The lowest BCUT2D eigenvalue weighted by Crippen LogP contribution is -2.23. The van der Waals surface area contributed by atoms with Crippen molar-refractivity contribution in [2.24, 2.45) is 0 Å². The summed E-state index contributed by atoms with van der Waals surface area (Å²) in [5.74, 6) is -0.0744. The highest BCUT2D eigenvalue weighted by molar-refractivity contribution is 6.37. The fourth-order valence-electron chi connectivity index (χ4n) is 2.83. The van der Waals surface area contributed by atoms with Gasteiger partial charge in [-0.25, -0.2) is 9.18 Å². The van der Waals surface area contributed by atoms with Crippen LogP contribution in [-0.2, 0) is 0 Å². The van der Waals surface area contributed by atoms with Crippen LogP contribution >= 0.6 is 11.6 Å². The second kappa shape index (κ2) is 5.35. The topological polar surface area (TPSA) is 60.1 Å². The summed E-state index contributed by atoms with van der Waals surface area (Å²) in [6.07, 6.45) is 1.52. The van der Waals surface area contributed by atoms with Crippen molar-refractivity contribution in [1.29, 1.82) is 0 Å². The molecule has 24 heavy (non-hydrogen) atoms. The Bertz CT molecular complexity index is 1150. The molecule has 0 saturated carbocycles. The highest BCUT2D eigenvalue weighted by Crippen LogP contribution is 2.35. The van der Waals surface area contributed by atoms with E-state index in [0.29, 0.717) is 38.4 Å². The zero-order valence-electron chi connectivity index (χ0n) is 12.5. The lowest BCUT2D eigenvalue weighted by molar-refractivity contribution is 0.619. The first-order chi connectivity index (χ1) is 11.6. The molecule has 7 heteroatoms. The Morgan fingerprint density at radius 1 is 1.29 bits per heavy atom. The highest BCUT2D eigenvalue weighted by Gasteiger charge is 2.18. The van der Waals surface area contributed by atoms with Crippen molar-refractivity contribution in [3.05, 3.63) is 64.0 Å². The Kier molecular flexibility index (Phi) is 3.28. The molecule has 0 aliphatic rings. The number of hydrogen-bond acceptors (Lipinski definition) is 4. The van der Waals surface area contributed by atoms with Gasteiger partial charge in [0.25, 0.3) is 0 Å². The number of nitrogens with zero attached hydrogens (tertiary/aromatic N) is 2. The molecular formula is C17H11ClFN3O2. The third kappa shape index (κ3) is 2.07. The van der Waals surface area contributed by atoms with Crippen LogP contribution in [0.4, 0.5) is 10.2 Å². The molecule has 2 aromatic carbocycles. The number of rotatable bonds is 2. The molecular weight excluding hydrogens is 333 g/mol. The zero-order valence-corrected chi connectivity index (χ0v) is 13.3. The van der Waals surface area contributed by atoms with Crippen molar-refractivity contribution in [1.82, 2.24) is 9.55 Å². The van der Waals surface area contributed by atoms with Gasteiger partial charge in [-0.05, 0) is 30.3 Å². The molecule has 0 aliphatic heterocycles. The normalized spacial score (nSPS) is 11.3. The number of anilines is 1. The Labute approximate surface area is 140 Å². The number of furan rings is 1. The first kappa shape index (κ1) is 14.7. The Hall–Kier alpha value is -2.86. The van der Waals surface area contributed by atoms with E-state index in [1.165, 1.54) is 29.0 Å². The van der Waals surface area contributed by atoms with Crippen molar-refractivity contribution in [3.8, 4) is 5.69 Å². The van der Waals surface area contributed by atoms with E-state index in [0.717, 1.165) is 0 Å². The monoisotopic (exact) mass is 343 g/mol. The number of aromatic nitrogens is 2. The van der Waals surface area contributed by atoms with Gasteiger partial charge in [0.2, 0.25) is 0 Å². The third-order valence-electron chi connectivity index (χ3n) is 3.85. The standard InChI is InChI=1S/C17H11ClFN3O2/c1-20-16-14-13(8-12(18)11-5-6-24-15(11)14)22(17(23)21-16)10-4-2-3-9(19)7-10/h2-8H,1H3,(H,20,21,23). The van der Waals surface area contributed by atoms with E-state index in [9.17, 15) is 9.18 Å². The number of benzene rings is 2. The molecule has 1 N–H and O–H groups in total. The average molecular weight is 344 g/mol. The van der Waals surface area contributed by atoms with E-state index in [1.807, 2.05) is 0 Å². The van der Waals surface area contributed by atoms with Crippen LogP contribution in [0.15, 0.2) is 51.9 Å². The quantitative estimate of drug-likeness (QED) is 0.598. The van der Waals surface area contributed by atoms with Crippen LogP contribution in [0.2, 0.25) is 5.02 Å². The molecule has 5 nitrogen and oxygen atoms in total. The van der Waals surface area contributed by atoms with Gasteiger partial charge in [-0.3, -0.25) is 4.57 Å². The van der Waals surface area contributed by atoms with Crippen LogP contribution in [0, 0.1) is 5.82 Å². The van der Waals surface area contributed by atoms with E-state index in [4.69, 9.17) is 16.0 Å². The number of nitrogens with one attached hydrogen (secondary N) is 1. The summed E-state index contributed by atoms with van der Waals surface area (Å²) in [6, 6.07) is 9.14. The molecule has 4 aromatic rings. The molecule has 0 unspecified atom stereocenters. The second-order valence-corrected chi connectivity index (χ2v) is 5.63. The highest BCUT2D eigenvalue weighted by atomic mass is 35.5. The van der Waals surface area contributed by atoms with Crippen LogP contribution in [0.25, 0.3) is 27.6 Å². The van der Waals surface area contributed by atoms with Gasteiger partial charge < -0.3 is 9.73 Å². The molecule has 120 valence electrons. The van der Waals surface area contributed by atoms with Gasteiger partial charge in [-0.15, -0.1) is 0 Å². The smallest absolute Gasteiger partial charge is 0.354 e. The van der Waals surface area contributed by atoms with E-state index in [1.54, 1.807) is 25.2 Å². The minimum Gasteiger partial charge on any atom is -0.463 e. The van der Waals surface area contributed by atoms with Crippen LogP contribution < -0.4 is 11.0 Å². The fraction of sp³-hybridized carbons (Fsp3) is 0.0588. The maximum Gasteiger partial charge on any atom is 0.354 e. The zero-order chi connectivity index (χ0) is 16.8. The minimum atomic E-state index is -0.542. The summed E-state index contributed by atoms with van der Waals surface area (Å²) in [6.45, 7) is 0. The minimum absolute atomic E-state index is 0.363. The second-order valence-electron chi connectivity index (χ2n) is 5.22. The SMILES string of the molecule is CNc1nc(=O)n(-c2cccc(F)c2)c2cc(Cl)c3ccoc3c12. The first-order valence-electron chi connectivity index (χ1n) is 7.16. The number of fused-ring (bicyclic) bond motifs is 3. The van der Waals surface area contributed by atoms with Crippen LogP contribution in [0.3, 0.4) is 0 Å². The molecule has 4 rings (SSSR count). The predicted octanol–water partition coefficient (Wildman–Crippen LogP) is 3.97. The summed E-state index contributed by atoms with van der Waals surface area (Å²) in [7, 11) is 1.66. The molecule has 2 heterocycles. The lowest BCUT2D eigenvalue weighted by Gasteiger charge is -2.13. The van der Waals surface area contributed by atoms with Gasteiger partial charge in [-0.2, -0.15) is 4.98 Å². The van der Waals surface area contributed by atoms with Gasteiger partial charge >= 0.3 is 5.69 Å². The fourth-order valence-corrected chi connectivity index (χ4v) is 3.08. The molecule has 0 saturated heterocycles. The van der Waals surface area contributed by atoms with Crippen molar-refractivity contribution in [2.75, 3.05) is 12.4 Å². The summed E-state index contributed by atoms with van der Waals surface area (Å²) < 4.78 is 20.5. The van der Waals surface area contributed by atoms with Gasteiger partial charge in [0.05, 0.1) is 27.9 Å². The van der Waals surface area contributed by atoms with E-state index in [-0.39, 0.29) is 0 Å². The van der Waals surface area contributed by atoms with Crippen LogP contribution in [0.5, 0.6) is 0 Å². The molecule has 0 spiro atoms. The van der Waals surface area contributed by atoms with Crippen molar-refractivity contribution >= 4 is 39.3 Å². The van der Waals surface area contributed by atoms with Gasteiger partial charge in [0, 0.05) is 12.4 Å². The van der Waals surface area contributed by atoms with E-state index in [2.05, 4.69) is 10.3 Å². The Morgan fingerprint density at radius 3 is 2.88 bits per heavy atom. The largest absolute Gasteiger partial charge is 0.463 e. The maximum atomic E-state index is 13.6. The van der Waals surface area contributed by atoms with Crippen LogP contribution in [-0.4, -0.2) is 16.6 Å². The third-order valence-corrected chi connectivity index (χ3v) is 4.16. The molecule has 0 amide bonds. The maximum absolute atomic E-state index is 13.6. The summed E-state index contributed by atoms with van der Waals surface area (Å²) >= 11 is 6.33. The molecule has 2 aromatic heterocycles. The summed E-state index contributed by atoms with van der Waals surface area (Å²) in [5, 5.41) is 4.65.